The Bertz CT molecular complexity index is 141. The van der Waals surface area contributed by atoms with Crippen LogP contribution in [0.3, 0.4) is 0 Å². The number of hydrogen-bond donors (Lipinski definition) is 1. The van der Waals surface area contributed by atoms with Gasteiger partial charge in [0.15, 0.2) is 0 Å². The predicted octanol–water partition coefficient (Wildman–Crippen LogP) is 1.38. The number of nitrogens with one attached hydrogen (secondary N) is 1. The summed E-state index contributed by atoms with van der Waals surface area (Å²) in [5.74, 6) is 0.793. The molecule has 2 rings (SSSR count). The van der Waals surface area contributed by atoms with Gasteiger partial charge in [0.25, 0.3) is 0 Å². The third-order valence-corrected chi connectivity index (χ3v) is 3.18. The first-order chi connectivity index (χ1) is 5.86. The first-order valence-corrected chi connectivity index (χ1v) is 5.25. The molecule has 0 radical (unpaired) electrons. The molecule has 2 nitrogen and oxygen atoms in total. The van der Waals surface area contributed by atoms with Gasteiger partial charge in [-0.05, 0) is 25.2 Å². The van der Waals surface area contributed by atoms with Crippen molar-refractivity contribution in [3.8, 4) is 0 Å². The van der Waals surface area contributed by atoms with E-state index in [9.17, 15) is 0 Å². The fraction of sp³-hybridized carbons (Fsp3) is 1.00. The van der Waals surface area contributed by atoms with Crippen molar-refractivity contribution < 1.29 is 4.74 Å². The van der Waals surface area contributed by atoms with Gasteiger partial charge < -0.3 is 10.1 Å². The summed E-state index contributed by atoms with van der Waals surface area (Å²) < 4.78 is 5.26. The van der Waals surface area contributed by atoms with E-state index in [0.717, 1.165) is 32.1 Å². The normalized spacial score (nSPS) is 32.2. The highest BCUT2D eigenvalue weighted by Crippen LogP contribution is 2.35. The fourth-order valence-corrected chi connectivity index (χ4v) is 1.94. The van der Waals surface area contributed by atoms with E-state index in [-0.39, 0.29) is 0 Å². The van der Waals surface area contributed by atoms with Crippen molar-refractivity contribution >= 4 is 11.6 Å². The molecule has 0 spiro atoms. The molecule has 1 aliphatic carbocycles. The molecule has 70 valence electrons. The number of ether oxygens (including phenoxy) is 1. The van der Waals surface area contributed by atoms with Crippen LogP contribution in [0.5, 0.6) is 0 Å². The Morgan fingerprint density at radius 2 is 2.25 bits per heavy atom. The summed E-state index contributed by atoms with van der Waals surface area (Å²) in [4.78, 5) is 0. The van der Waals surface area contributed by atoms with Crippen LogP contribution in [0.2, 0.25) is 0 Å². The Morgan fingerprint density at radius 1 is 1.42 bits per heavy atom. The van der Waals surface area contributed by atoms with Gasteiger partial charge in [0.2, 0.25) is 0 Å². The molecule has 0 aromatic carbocycles. The Labute approximate surface area is 78.6 Å². The number of alkyl halides is 1. The monoisotopic (exact) mass is 189 g/mol. The third kappa shape index (κ3) is 2.35. The standard InChI is InChI=1S/C9H16ClNO/c10-9(7-1-2-7)5-11-8-3-4-12-6-8/h7-9,11H,1-6H2. The highest BCUT2D eigenvalue weighted by atomic mass is 35.5. The van der Waals surface area contributed by atoms with Gasteiger partial charge >= 0.3 is 0 Å². The lowest BCUT2D eigenvalue weighted by atomic mass is 10.2. The fourth-order valence-electron chi connectivity index (χ4n) is 1.60. The lowest BCUT2D eigenvalue weighted by Crippen LogP contribution is -2.34. The van der Waals surface area contributed by atoms with Crippen LogP contribution in [-0.2, 0) is 4.74 Å². The summed E-state index contributed by atoms with van der Waals surface area (Å²) in [5, 5.41) is 3.80. The van der Waals surface area contributed by atoms with E-state index in [0.29, 0.717) is 11.4 Å². The molecule has 1 aliphatic heterocycles. The molecular formula is C9H16ClNO. The number of hydrogen-bond acceptors (Lipinski definition) is 2. The second kappa shape index (κ2) is 3.95. The SMILES string of the molecule is ClC(CNC1CCOC1)C1CC1. The molecule has 1 saturated heterocycles. The van der Waals surface area contributed by atoms with Crippen molar-refractivity contribution in [1.29, 1.82) is 0 Å². The first kappa shape index (κ1) is 8.79. The van der Waals surface area contributed by atoms with E-state index in [4.69, 9.17) is 16.3 Å². The van der Waals surface area contributed by atoms with E-state index in [1.807, 2.05) is 0 Å². The maximum atomic E-state index is 6.15. The molecule has 1 heterocycles. The van der Waals surface area contributed by atoms with Crippen LogP contribution in [0.25, 0.3) is 0 Å². The van der Waals surface area contributed by atoms with Gasteiger partial charge in [-0.3, -0.25) is 0 Å². The molecule has 0 aromatic rings. The minimum absolute atomic E-state index is 0.352. The van der Waals surface area contributed by atoms with Crippen LogP contribution < -0.4 is 5.32 Å². The van der Waals surface area contributed by atoms with Crippen LogP contribution in [0.1, 0.15) is 19.3 Å². The summed E-state index contributed by atoms with van der Waals surface area (Å²) in [6.45, 7) is 2.74. The second-order valence-electron chi connectivity index (χ2n) is 3.82. The summed E-state index contributed by atoms with van der Waals surface area (Å²) in [5.41, 5.74) is 0. The minimum Gasteiger partial charge on any atom is -0.380 e. The molecule has 2 aliphatic rings. The van der Waals surface area contributed by atoms with Crippen molar-refractivity contribution in [2.45, 2.75) is 30.7 Å². The van der Waals surface area contributed by atoms with Gasteiger partial charge in [0, 0.05) is 24.6 Å². The maximum absolute atomic E-state index is 6.15. The van der Waals surface area contributed by atoms with Crippen LogP contribution in [0.15, 0.2) is 0 Å². The molecule has 0 bridgehead atoms. The van der Waals surface area contributed by atoms with Crippen molar-refractivity contribution in [3.63, 3.8) is 0 Å². The molecule has 0 amide bonds. The number of halogens is 1. The molecule has 2 fully saturated rings. The van der Waals surface area contributed by atoms with Crippen molar-refractivity contribution in [2.24, 2.45) is 5.92 Å². The predicted molar refractivity (Wildman–Crippen MR) is 49.6 cm³/mol. The van der Waals surface area contributed by atoms with E-state index in [1.54, 1.807) is 0 Å². The second-order valence-corrected chi connectivity index (χ2v) is 4.38. The molecule has 12 heavy (non-hydrogen) atoms. The summed E-state index contributed by atoms with van der Waals surface area (Å²) in [6, 6.07) is 0.560. The van der Waals surface area contributed by atoms with Gasteiger partial charge in [-0.25, -0.2) is 0 Å². The average Bonchev–Trinajstić information content (AvgIpc) is 2.80. The third-order valence-electron chi connectivity index (χ3n) is 2.66. The smallest absolute Gasteiger partial charge is 0.0620 e. The van der Waals surface area contributed by atoms with Crippen LogP contribution in [-0.4, -0.2) is 31.2 Å². The molecule has 1 saturated carbocycles. The highest BCUT2D eigenvalue weighted by molar-refractivity contribution is 6.21. The minimum atomic E-state index is 0.352. The molecular weight excluding hydrogens is 174 g/mol. The van der Waals surface area contributed by atoms with E-state index in [2.05, 4.69) is 5.32 Å². The quantitative estimate of drug-likeness (QED) is 0.675. The van der Waals surface area contributed by atoms with E-state index in [1.165, 1.54) is 12.8 Å². The number of rotatable bonds is 4. The Kier molecular flexibility index (Phi) is 2.89. The van der Waals surface area contributed by atoms with Gasteiger partial charge in [0.1, 0.15) is 0 Å². The van der Waals surface area contributed by atoms with Gasteiger partial charge in [-0.15, -0.1) is 11.6 Å². The zero-order valence-electron chi connectivity index (χ0n) is 7.26. The largest absolute Gasteiger partial charge is 0.380 e. The maximum Gasteiger partial charge on any atom is 0.0620 e. The summed E-state index contributed by atoms with van der Waals surface area (Å²) >= 11 is 6.15. The Hall–Kier alpha value is 0.210. The van der Waals surface area contributed by atoms with E-state index >= 15 is 0 Å². The zero-order valence-corrected chi connectivity index (χ0v) is 8.02. The summed E-state index contributed by atoms with van der Waals surface area (Å²) in [7, 11) is 0. The topological polar surface area (TPSA) is 21.3 Å². The average molecular weight is 190 g/mol. The molecule has 1 N–H and O–H groups in total. The van der Waals surface area contributed by atoms with Crippen LogP contribution in [0, 0.1) is 5.92 Å². The van der Waals surface area contributed by atoms with E-state index < -0.39 is 0 Å². The van der Waals surface area contributed by atoms with Gasteiger partial charge in [0.05, 0.1) is 6.61 Å². The Morgan fingerprint density at radius 3 is 2.83 bits per heavy atom. The van der Waals surface area contributed by atoms with Crippen LogP contribution >= 0.6 is 11.6 Å². The molecule has 2 atom stereocenters. The van der Waals surface area contributed by atoms with Gasteiger partial charge in [-0.1, -0.05) is 0 Å². The molecule has 0 aromatic heterocycles. The van der Waals surface area contributed by atoms with Gasteiger partial charge in [-0.2, -0.15) is 0 Å². The molecule has 3 heteroatoms. The van der Waals surface area contributed by atoms with Crippen LogP contribution in [0.4, 0.5) is 0 Å². The molecule has 2 unspecified atom stereocenters. The van der Waals surface area contributed by atoms with Crippen molar-refractivity contribution in [1.82, 2.24) is 5.32 Å². The van der Waals surface area contributed by atoms with Crippen molar-refractivity contribution in [3.05, 3.63) is 0 Å². The highest BCUT2D eigenvalue weighted by Gasteiger charge is 2.30. The van der Waals surface area contributed by atoms with Crippen molar-refractivity contribution in [2.75, 3.05) is 19.8 Å². The lowest BCUT2D eigenvalue weighted by molar-refractivity contribution is 0.190. The Balaban J connectivity index is 1.60. The first-order valence-electron chi connectivity index (χ1n) is 4.81. The lowest BCUT2D eigenvalue weighted by Gasteiger charge is -2.13. The summed E-state index contributed by atoms with van der Waals surface area (Å²) in [6.07, 6.45) is 3.81. The zero-order chi connectivity index (χ0) is 8.39.